The smallest absolute Gasteiger partial charge is 0.298 e. The molecule has 0 N–H and O–H groups in total. The van der Waals surface area contributed by atoms with Crippen molar-refractivity contribution in [2.24, 2.45) is 0 Å². The molecule has 0 aromatic carbocycles. The van der Waals surface area contributed by atoms with E-state index in [0.717, 1.165) is 0 Å². The zero-order valence-electron chi connectivity index (χ0n) is 6.78. The van der Waals surface area contributed by atoms with Gasteiger partial charge in [0.25, 0.3) is 0 Å². The number of rotatable bonds is 3. The molecule has 0 spiro atoms. The van der Waals surface area contributed by atoms with Crippen molar-refractivity contribution in [3.05, 3.63) is 25.1 Å². The molecular weight excluding hydrogens is 142 g/mol. The van der Waals surface area contributed by atoms with Crippen LogP contribution in [0.1, 0.15) is 6.92 Å². The van der Waals surface area contributed by atoms with Gasteiger partial charge >= 0.3 is 5.91 Å². The van der Waals surface area contributed by atoms with Crippen LogP contribution in [-0.4, -0.2) is 23.7 Å². The molecule has 0 rings (SSSR count). The highest BCUT2D eigenvalue weighted by atomic mass is 16.2. The Hall–Kier alpha value is -1.22. The van der Waals surface area contributed by atoms with E-state index in [1.54, 1.807) is 7.05 Å². The predicted octanol–water partition coefficient (Wildman–Crippen LogP) is 0.836. The second-order valence-corrected chi connectivity index (χ2v) is 2.33. The Morgan fingerprint density at radius 1 is 1.55 bits per heavy atom. The van der Waals surface area contributed by atoms with Crippen LogP contribution in [-0.2, 0) is 9.59 Å². The summed E-state index contributed by atoms with van der Waals surface area (Å²) in [6, 6.07) is 0. The standard InChI is InChI=1S/C8H12NO2/c1-4-9(3,8(2)11)6-5-7-10/h4-7H,1H2,2-3H3/q+1. The molecule has 3 nitrogen and oxygen atoms in total. The van der Waals surface area contributed by atoms with Gasteiger partial charge in [0.15, 0.2) is 0 Å². The summed E-state index contributed by atoms with van der Waals surface area (Å²) in [4.78, 5) is 20.9. The van der Waals surface area contributed by atoms with Crippen molar-refractivity contribution in [1.29, 1.82) is 0 Å². The second-order valence-electron chi connectivity index (χ2n) is 2.33. The molecule has 1 atom stereocenters. The molecule has 0 saturated carbocycles. The topological polar surface area (TPSA) is 34.1 Å². The van der Waals surface area contributed by atoms with Crippen molar-refractivity contribution in [3.8, 4) is 0 Å². The molecule has 0 aromatic heterocycles. The Morgan fingerprint density at radius 2 is 2.09 bits per heavy atom. The van der Waals surface area contributed by atoms with Crippen molar-refractivity contribution >= 4 is 12.2 Å². The molecule has 0 bridgehead atoms. The molecule has 0 heterocycles. The minimum absolute atomic E-state index is 0.0568. The van der Waals surface area contributed by atoms with Gasteiger partial charge in [-0.3, -0.25) is 4.79 Å². The molecule has 0 saturated heterocycles. The van der Waals surface area contributed by atoms with Gasteiger partial charge in [-0.2, -0.15) is 0 Å². The summed E-state index contributed by atoms with van der Waals surface area (Å²) < 4.78 is -0.0568. The van der Waals surface area contributed by atoms with E-state index >= 15 is 0 Å². The molecule has 11 heavy (non-hydrogen) atoms. The zero-order chi connectivity index (χ0) is 8.91. The Labute approximate surface area is 66.2 Å². The highest BCUT2D eigenvalue weighted by molar-refractivity contribution is 5.69. The summed E-state index contributed by atoms with van der Waals surface area (Å²) in [6.07, 6.45) is 4.84. The number of carbonyl (C=O) groups is 2. The molecule has 60 valence electrons. The van der Waals surface area contributed by atoms with E-state index in [2.05, 4.69) is 6.58 Å². The van der Waals surface area contributed by atoms with E-state index in [1.807, 2.05) is 0 Å². The SMILES string of the molecule is C=C[N+](C)(C=CC=O)C(C)=O. The van der Waals surface area contributed by atoms with E-state index in [1.165, 1.54) is 25.4 Å². The van der Waals surface area contributed by atoms with E-state index < -0.39 is 0 Å². The van der Waals surface area contributed by atoms with Crippen molar-refractivity contribution < 1.29 is 14.1 Å². The van der Waals surface area contributed by atoms with Crippen LogP contribution in [0.2, 0.25) is 0 Å². The quantitative estimate of drug-likeness (QED) is 0.343. The maximum Gasteiger partial charge on any atom is 0.319 e. The van der Waals surface area contributed by atoms with Crippen LogP contribution >= 0.6 is 0 Å². The highest BCUT2D eigenvalue weighted by Gasteiger charge is 2.20. The average Bonchev–Trinajstić information content (AvgIpc) is 2.00. The van der Waals surface area contributed by atoms with Crippen molar-refractivity contribution in [2.75, 3.05) is 7.05 Å². The van der Waals surface area contributed by atoms with Gasteiger partial charge in [-0.15, -0.1) is 0 Å². The fourth-order valence-corrected chi connectivity index (χ4v) is 0.508. The maximum atomic E-state index is 10.9. The lowest BCUT2D eigenvalue weighted by atomic mass is 10.4. The van der Waals surface area contributed by atoms with Gasteiger partial charge in [0.05, 0.1) is 14.0 Å². The first-order chi connectivity index (χ1) is 5.06. The summed E-state index contributed by atoms with van der Waals surface area (Å²) in [5.74, 6) is -0.0851. The summed E-state index contributed by atoms with van der Waals surface area (Å²) >= 11 is 0. The fourth-order valence-electron chi connectivity index (χ4n) is 0.508. The molecule has 0 aromatic rings. The van der Waals surface area contributed by atoms with Gasteiger partial charge in [0, 0.05) is 6.08 Å². The van der Waals surface area contributed by atoms with E-state index in [0.29, 0.717) is 6.29 Å². The Morgan fingerprint density at radius 3 is 2.36 bits per heavy atom. The number of quaternary nitrogens is 1. The predicted molar refractivity (Wildman–Crippen MR) is 42.3 cm³/mol. The first-order valence-electron chi connectivity index (χ1n) is 3.20. The van der Waals surface area contributed by atoms with Crippen molar-refractivity contribution in [3.63, 3.8) is 0 Å². The van der Waals surface area contributed by atoms with Gasteiger partial charge in [0.2, 0.25) is 0 Å². The number of carbonyl (C=O) groups excluding carboxylic acids is 2. The largest absolute Gasteiger partial charge is 0.319 e. The third-order valence-corrected chi connectivity index (χ3v) is 1.53. The van der Waals surface area contributed by atoms with Gasteiger partial charge in [-0.1, -0.05) is 0 Å². The monoisotopic (exact) mass is 154 g/mol. The normalized spacial score (nSPS) is 15.8. The second kappa shape index (κ2) is 3.83. The summed E-state index contributed by atoms with van der Waals surface area (Å²) in [6.45, 7) is 4.93. The molecule has 0 aliphatic heterocycles. The van der Waals surface area contributed by atoms with Crippen LogP contribution < -0.4 is 0 Å². The van der Waals surface area contributed by atoms with Crippen LogP contribution in [0.15, 0.2) is 25.1 Å². The number of aldehydes is 1. The van der Waals surface area contributed by atoms with E-state index in [9.17, 15) is 9.59 Å². The lowest BCUT2D eigenvalue weighted by molar-refractivity contribution is -0.724. The fraction of sp³-hybridized carbons (Fsp3) is 0.250. The van der Waals surface area contributed by atoms with E-state index in [4.69, 9.17) is 0 Å². The molecule has 3 heteroatoms. The Balaban J connectivity index is 4.59. The van der Waals surface area contributed by atoms with Gasteiger partial charge < -0.3 is 0 Å². The van der Waals surface area contributed by atoms with Crippen LogP contribution in [0.3, 0.4) is 0 Å². The summed E-state index contributed by atoms with van der Waals surface area (Å²) in [7, 11) is 1.65. The molecule has 1 amide bonds. The number of amides is 1. The Kier molecular flexibility index (Phi) is 3.40. The van der Waals surface area contributed by atoms with Gasteiger partial charge in [0.1, 0.15) is 18.7 Å². The highest BCUT2D eigenvalue weighted by Crippen LogP contribution is 2.04. The molecular formula is C8H12NO2+. The number of hydrogen-bond acceptors (Lipinski definition) is 2. The maximum absolute atomic E-state index is 10.9. The lowest BCUT2D eigenvalue weighted by Crippen LogP contribution is -2.36. The first-order valence-corrected chi connectivity index (χ1v) is 3.20. The van der Waals surface area contributed by atoms with Crippen LogP contribution in [0.4, 0.5) is 0 Å². The average molecular weight is 154 g/mol. The molecule has 1 unspecified atom stereocenters. The van der Waals surface area contributed by atoms with E-state index in [-0.39, 0.29) is 10.4 Å². The zero-order valence-corrected chi connectivity index (χ0v) is 6.78. The number of nitrogens with zero attached hydrogens (tertiary/aromatic N) is 1. The molecule has 0 aliphatic rings. The molecule has 0 fully saturated rings. The first kappa shape index (κ1) is 9.78. The van der Waals surface area contributed by atoms with Gasteiger partial charge in [-0.05, 0) is 6.58 Å². The minimum Gasteiger partial charge on any atom is -0.298 e. The third-order valence-electron chi connectivity index (χ3n) is 1.53. The third kappa shape index (κ3) is 2.47. The van der Waals surface area contributed by atoms with Crippen LogP contribution in [0.25, 0.3) is 0 Å². The number of hydrogen-bond donors (Lipinski definition) is 0. The van der Waals surface area contributed by atoms with Crippen molar-refractivity contribution in [2.45, 2.75) is 6.92 Å². The number of allylic oxidation sites excluding steroid dienone is 1. The lowest BCUT2D eigenvalue weighted by Gasteiger charge is -2.19. The minimum atomic E-state index is -0.0851. The Bertz CT molecular complexity index is 208. The molecule has 0 aliphatic carbocycles. The van der Waals surface area contributed by atoms with Gasteiger partial charge in [-0.25, -0.2) is 9.28 Å². The molecule has 0 radical (unpaired) electrons. The van der Waals surface area contributed by atoms with Crippen LogP contribution in [0.5, 0.6) is 0 Å². The van der Waals surface area contributed by atoms with Crippen LogP contribution in [0, 0.1) is 0 Å². The summed E-state index contributed by atoms with van der Waals surface area (Å²) in [5.41, 5.74) is 0. The van der Waals surface area contributed by atoms with Crippen molar-refractivity contribution in [1.82, 2.24) is 0 Å². The summed E-state index contributed by atoms with van der Waals surface area (Å²) in [5, 5.41) is 0.